The molecular weight excluding hydrogens is 539 g/mol. The lowest BCUT2D eigenvalue weighted by Gasteiger charge is -2.44. The van der Waals surface area contributed by atoms with Gasteiger partial charge in [-0.3, -0.25) is 9.80 Å². The molecular formula is C31H39Cl2F2N3O. The van der Waals surface area contributed by atoms with Crippen molar-refractivity contribution in [2.75, 3.05) is 32.7 Å². The summed E-state index contributed by atoms with van der Waals surface area (Å²) in [5, 5.41) is 3.50. The van der Waals surface area contributed by atoms with E-state index in [-0.39, 0.29) is 54.6 Å². The number of piperazine rings is 1. The molecule has 2 atom stereocenters. The summed E-state index contributed by atoms with van der Waals surface area (Å²) in [6.07, 6.45) is 2.06. The predicted molar refractivity (Wildman–Crippen MR) is 159 cm³/mol. The summed E-state index contributed by atoms with van der Waals surface area (Å²) in [5.41, 5.74) is 3.07. The van der Waals surface area contributed by atoms with Crippen LogP contribution in [0.3, 0.4) is 0 Å². The number of hydrogen-bond acceptors (Lipinski definition) is 4. The summed E-state index contributed by atoms with van der Waals surface area (Å²) >= 11 is 0. The lowest BCUT2D eigenvalue weighted by molar-refractivity contribution is -0.111. The van der Waals surface area contributed by atoms with Gasteiger partial charge >= 0.3 is 0 Å². The van der Waals surface area contributed by atoms with E-state index in [1.807, 2.05) is 42.5 Å². The number of hydrogen-bond donors (Lipinski definition) is 1. The fourth-order valence-corrected chi connectivity index (χ4v) is 5.25. The molecule has 2 unspecified atom stereocenters. The molecule has 3 aromatic carbocycles. The number of aldehydes is 1. The molecule has 212 valence electrons. The van der Waals surface area contributed by atoms with E-state index in [0.717, 1.165) is 62.1 Å². The van der Waals surface area contributed by atoms with Gasteiger partial charge < -0.3 is 10.1 Å². The van der Waals surface area contributed by atoms with Crippen molar-refractivity contribution in [1.29, 1.82) is 0 Å². The summed E-state index contributed by atoms with van der Waals surface area (Å²) in [6.45, 7) is 8.24. The maximum absolute atomic E-state index is 13.7. The summed E-state index contributed by atoms with van der Waals surface area (Å²) in [5.74, 6) is 0.0115. The number of benzene rings is 3. The Hall–Kier alpha value is -2.35. The topological polar surface area (TPSA) is 35.6 Å². The molecule has 1 aliphatic rings. The molecule has 39 heavy (non-hydrogen) atoms. The molecule has 1 aliphatic heterocycles. The molecule has 0 bridgehead atoms. The molecule has 1 N–H and O–H groups in total. The van der Waals surface area contributed by atoms with Crippen molar-refractivity contribution < 1.29 is 13.6 Å². The van der Waals surface area contributed by atoms with Crippen LogP contribution in [0.25, 0.3) is 0 Å². The van der Waals surface area contributed by atoms with E-state index in [9.17, 15) is 13.6 Å². The van der Waals surface area contributed by atoms with E-state index in [1.165, 1.54) is 24.3 Å². The zero-order chi connectivity index (χ0) is 26.2. The Morgan fingerprint density at radius 1 is 0.744 bits per heavy atom. The first-order chi connectivity index (χ1) is 18.0. The van der Waals surface area contributed by atoms with E-state index in [2.05, 4.69) is 41.1 Å². The first kappa shape index (κ1) is 32.9. The van der Waals surface area contributed by atoms with Gasteiger partial charge in [-0.05, 0) is 59.8 Å². The molecule has 1 fully saturated rings. The van der Waals surface area contributed by atoms with Crippen molar-refractivity contribution in [2.45, 2.75) is 38.4 Å². The molecule has 0 amide bonds. The molecule has 4 rings (SSSR count). The third-order valence-electron chi connectivity index (χ3n) is 7.21. The standard InChI is InChI=1S/C31H37F2N3O.2ClH/c1-23(2)16-17-34-29(22-37)31(24-6-4-3-5-7-24)36-20-18-35(19-21-36)30(25-8-12-27(32)13-9-25)26-10-14-28(33)15-11-26;;/h3-15,22-23,29-31,34H,16-21H2,1-2H3;2*1H. The number of carbonyl (C=O) groups is 1. The van der Waals surface area contributed by atoms with Crippen molar-refractivity contribution in [3.8, 4) is 0 Å². The van der Waals surface area contributed by atoms with E-state index in [0.29, 0.717) is 5.92 Å². The van der Waals surface area contributed by atoms with Gasteiger partial charge in [0.05, 0.1) is 18.1 Å². The Morgan fingerprint density at radius 3 is 1.69 bits per heavy atom. The van der Waals surface area contributed by atoms with Crippen LogP contribution in [0.1, 0.15) is 49.0 Å². The Balaban J connectivity index is 0.00000267. The Morgan fingerprint density at radius 2 is 1.23 bits per heavy atom. The van der Waals surface area contributed by atoms with Gasteiger partial charge in [-0.15, -0.1) is 24.8 Å². The molecule has 3 aromatic rings. The van der Waals surface area contributed by atoms with Crippen LogP contribution >= 0.6 is 24.8 Å². The van der Waals surface area contributed by atoms with Gasteiger partial charge in [-0.25, -0.2) is 8.78 Å². The number of carbonyl (C=O) groups excluding carboxylic acids is 1. The van der Waals surface area contributed by atoms with Gasteiger partial charge in [0.2, 0.25) is 0 Å². The molecule has 8 heteroatoms. The predicted octanol–water partition coefficient (Wildman–Crippen LogP) is 6.46. The lowest BCUT2D eigenvalue weighted by Crippen LogP contribution is -2.53. The van der Waals surface area contributed by atoms with Gasteiger partial charge in [-0.1, -0.05) is 68.4 Å². The van der Waals surface area contributed by atoms with Crippen LogP contribution in [-0.4, -0.2) is 54.9 Å². The third kappa shape index (κ3) is 8.82. The van der Waals surface area contributed by atoms with Crippen LogP contribution in [0.2, 0.25) is 0 Å². The second kappa shape index (κ2) is 16.0. The molecule has 0 aromatic heterocycles. The van der Waals surface area contributed by atoms with Gasteiger partial charge in [0.15, 0.2) is 0 Å². The minimum absolute atomic E-state index is 0. The molecule has 0 aliphatic carbocycles. The summed E-state index contributed by atoms with van der Waals surface area (Å²) < 4.78 is 27.4. The second-order valence-corrected chi connectivity index (χ2v) is 10.2. The van der Waals surface area contributed by atoms with Gasteiger partial charge in [0, 0.05) is 26.2 Å². The highest BCUT2D eigenvalue weighted by atomic mass is 35.5. The highest BCUT2D eigenvalue weighted by Gasteiger charge is 2.33. The smallest absolute Gasteiger partial charge is 0.138 e. The van der Waals surface area contributed by atoms with Crippen molar-refractivity contribution in [3.05, 3.63) is 107 Å². The number of halogens is 4. The lowest BCUT2D eigenvalue weighted by atomic mass is 9.94. The number of rotatable bonds is 11. The third-order valence-corrected chi connectivity index (χ3v) is 7.21. The largest absolute Gasteiger partial charge is 0.306 e. The highest BCUT2D eigenvalue weighted by molar-refractivity contribution is 5.85. The van der Waals surface area contributed by atoms with Crippen molar-refractivity contribution >= 4 is 31.1 Å². The summed E-state index contributed by atoms with van der Waals surface area (Å²) in [4.78, 5) is 17.0. The average molecular weight is 579 g/mol. The fraction of sp³-hybridized carbons (Fsp3) is 0.387. The SMILES string of the molecule is CC(C)CCNC(C=O)C(c1ccccc1)N1CCN(C(c2ccc(F)cc2)c2ccc(F)cc2)CC1.Cl.Cl. The maximum atomic E-state index is 13.7. The van der Waals surface area contributed by atoms with E-state index < -0.39 is 0 Å². The second-order valence-electron chi connectivity index (χ2n) is 10.2. The normalized spacial score (nSPS) is 15.8. The fourth-order valence-electron chi connectivity index (χ4n) is 5.25. The number of nitrogens with one attached hydrogen (secondary N) is 1. The van der Waals surface area contributed by atoms with Crippen LogP contribution in [-0.2, 0) is 4.79 Å². The average Bonchev–Trinajstić information content (AvgIpc) is 2.91. The molecule has 0 saturated carbocycles. The maximum Gasteiger partial charge on any atom is 0.138 e. The molecule has 4 nitrogen and oxygen atoms in total. The monoisotopic (exact) mass is 577 g/mol. The Kier molecular flexibility index (Phi) is 13.5. The van der Waals surface area contributed by atoms with Crippen molar-refractivity contribution in [3.63, 3.8) is 0 Å². The van der Waals surface area contributed by atoms with Crippen LogP contribution in [0.4, 0.5) is 8.78 Å². The number of nitrogens with zero attached hydrogens (tertiary/aromatic N) is 2. The van der Waals surface area contributed by atoms with Gasteiger partial charge in [0.25, 0.3) is 0 Å². The van der Waals surface area contributed by atoms with E-state index in [4.69, 9.17) is 0 Å². The van der Waals surface area contributed by atoms with Crippen LogP contribution in [0.15, 0.2) is 78.9 Å². The van der Waals surface area contributed by atoms with E-state index >= 15 is 0 Å². The summed E-state index contributed by atoms with van der Waals surface area (Å²) in [6, 6.07) is 22.9. The van der Waals surface area contributed by atoms with Crippen LogP contribution < -0.4 is 5.32 Å². The van der Waals surface area contributed by atoms with Crippen molar-refractivity contribution in [2.24, 2.45) is 5.92 Å². The summed E-state index contributed by atoms with van der Waals surface area (Å²) in [7, 11) is 0. The minimum Gasteiger partial charge on any atom is -0.306 e. The quantitative estimate of drug-likeness (QED) is 0.265. The van der Waals surface area contributed by atoms with E-state index in [1.54, 1.807) is 0 Å². The minimum atomic E-state index is -0.308. The Labute approximate surface area is 243 Å². The first-order valence-corrected chi connectivity index (χ1v) is 13.2. The Bertz CT molecular complexity index is 1060. The first-order valence-electron chi connectivity index (χ1n) is 13.2. The molecule has 1 heterocycles. The van der Waals surface area contributed by atoms with Crippen molar-refractivity contribution in [1.82, 2.24) is 15.1 Å². The van der Waals surface area contributed by atoms with Gasteiger partial charge in [-0.2, -0.15) is 0 Å². The zero-order valence-electron chi connectivity index (χ0n) is 22.5. The van der Waals surface area contributed by atoms with Gasteiger partial charge in [0.1, 0.15) is 17.9 Å². The molecule has 0 spiro atoms. The molecule has 1 saturated heterocycles. The molecule has 0 radical (unpaired) electrons. The van der Waals surface area contributed by atoms with Crippen LogP contribution in [0, 0.1) is 17.6 Å². The van der Waals surface area contributed by atoms with Crippen LogP contribution in [0.5, 0.6) is 0 Å². The zero-order valence-corrected chi connectivity index (χ0v) is 24.1. The highest BCUT2D eigenvalue weighted by Crippen LogP contribution is 2.32.